The average Bonchev–Trinajstić information content (AvgIpc) is 2.79. The molecule has 0 unspecified atom stereocenters. The van der Waals surface area contributed by atoms with E-state index in [0.29, 0.717) is 10.8 Å². The van der Waals surface area contributed by atoms with E-state index in [9.17, 15) is 4.79 Å². The Hall–Kier alpha value is -2.01. The zero-order valence-electron chi connectivity index (χ0n) is 9.29. The molecule has 0 atom stereocenters. The maximum absolute atomic E-state index is 10.5. The van der Waals surface area contributed by atoms with Gasteiger partial charge in [-0.15, -0.1) is 0 Å². The van der Waals surface area contributed by atoms with Gasteiger partial charge in [0.1, 0.15) is 11.3 Å². The van der Waals surface area contributed by atoms with Crippen LogP contribution in [0.2, 0.25) is 0 Å². The molecule has 3 aromatic rings. The summed E-state index contributed by atoms with van der Waals surface area (Å²) in [4.78, 5) is 14.9. The van der Waals surface area contributed by atoms with Crippen molar-refractivity contribution in [3.63, 3.8) is 0 Å². The molecular formula is C13H9NO3S. The molecule has 0 spiro atoms. The number of nitrogens with zero attached hydrogens (tertiary/aromatic N) is 1. The fourth-order valence-corrected chi connectivity index (χ4v) is 2.38. The van der Waals surface area contributed by atoms with Gasteiger partial charge in [0.25, 0.3) is 5.22 Å². The summed E-state index contributed by atoms with van der Waals surface area (Å²) in [5.74, 6) is -0.933. The molecular weight excluding hydrogens is 250 g/mol. The van der Waals surface area contributed by atoms with Crippen molar-refractivity contribution in [3.8, 4) is 0 Å². The van der Waals surface area contributed by atoms with Gasteiger partial charge in [0.2, 0.25) is 0 Å². The zero-order valence-corrected chi connectivity index (χ0v) is 10.1. The Bertz CT molecular complexity index is 735. The molecule has 0 saturated carbocycles. The number of aliphatic carboxylic acids is 1. The van der Waals surface area contributed by atoms with Crippen molar-refractivity contribution >= 4 is 39.6 Å². The van der Waals surface area contributed by atoms with Gasteiger partial charge in [-0.2, -0.15) is 0 Å². The molecule has 0 radical (unpaired) electrons. The summed E-state index contributed by atoms with van der Waals surface area (Å²) >= 11 is 1.09. The van der Waals surface area contributed by atoms with Gasteiger partial charge < -0.3 is 9.52 Å². The number of rotatable bonds is 3. The highest BCUT2D eigenvalue weighted by atomic mass is 32.2. The van der Waals surface area contributed by atoms with Crippen LogP contribution in [0, 0.1) is 0 Å². The molecule has 0 amide bonds. The first-order valence-electron chi connectivity index (χ1n) is 5.37. The number of carbonyl (C=O) groups is 1. The first-order chi connectivity index (χ1) is 8.74. The molecule has 4 nitrogen and oxygen atoms in total. The second kappa shape index (κ2) is 4.34. The number of carboxylic acid groups (broad SMARTS) is 1. The van der Waals surface area contributed by atoms with Gasteiger partial charge in [-0.1, -0.05) is 42.1 Å². The van der Waals surface area contributed by atoms with Crippen LogP contribution in [0.5, 0.6) is 0 Å². The molecule has 1 N–H and O–H groups in total. The molecule has 0 saturated heterocycles. The highest BCUT2D eigenvalue weighted by Gasteiger charge is 2.10. The summed E-state index contributed by atoms with van der Waals surface area (Å²) in [5.41, 5.74) is 1.46. The maximum atomic E-state index is 10.5. The van der Waals surface area contributed by atoms with Crippen molar-refractivity contribution in [1.29, 1.82) is 0 Å². The first-order valence-corrected chi connectivity index (χ1v) is 6.35. The van der Waals surface area contributed by atoms with E-state index in [1.54, 1.807) is 0 Å². The standard InChI is InChI=1S/C13H9NO3S/c15-11(16)7-18-13-14-12-9-4-2-1-3-8(9)5-6-10(12)17-13/h1-6H,7H2,(H,15,16). The smallest absolute Gasteiger partial charge is 0.314 e. The molecule has 1 aromatic heterocycles. The van der Waals surface area contributed by atoms with Gasteiger partial charge in [0.05, 0.1) is 0 Å². The summed E-state index contributed by atoms with van der Waals surface area (Å²) < 4.78 is 5.52. The van der Waals surface area contributed by atoms with Crippen molar-refractivity contribution in [2.45, 2.75) is 5.22 Å². The minimum atomic E-state index is -0.882. The summed E-state index contributed by atoms with van der Waals surface area (Å²) in [7, 11) is 0. The zero-order chi connectivity index (χ0) is 12.5. The third kappa shape index (κ3) is 1.93. The molecule has 0 bridgehead atoms. The highest BCUT2D eigenvalue weighted by Crippen LogP contribution is 2.28. The van der Waals surface area contributed by atoms with Gasteiger partial charge in [-0.25, -0.2) is 4.98 Å². The van der Waals surface area contributed by atoms with Crippen molar-refractivity contribution in [2.24, 2.45) is 0 Å². The third-order valence-corrected chi connectivity index (χ3v) is 3.40. The number of benzene rings is 2. The van der Waals surface area contributed by atoms with Crippen LogP contribution in [0.1, 0.15) is 0 Å². The van der Waals surface area contributed by atoms with E-state index in [-0.39, 0.29) is 5.75 Å². The van der Waals surface area contributed by atoms with E-state index in [1.807, 2.05) is 36.4 Å². The van der Waals surface area contributed by atoms with Gasteiger partial charge >= 0.3 is 5.97 Å². The molecule has 90 valence electrons. The van der Waals surface area contributed by atoms with Gasteiger partial charge in [-0.05, 0) is 11.5 Å². The van der Waals surface area contributed by atoms with Crippen molar-refractivity contribution in [1.82, 2.24) is 4.98 Å². The Morgan fingerprint density at radius 3 is 2.94 bits per heavy atom. The summed E-state index contributed by atoms with van der Waals surface area (Å²) in [6.45, 7) is 0. The largest absolute Gasteiger partial charge is 0.481 e. The lowest BCUT2D eigenvalue weighted by Crippen LogP contribution is -1.97. The molecule has 1 heterocycles. The number of oxazole rings is 1. The topological polar surface area (TPSA) is 63.3 Å². The summed E-state index contributed by atoms with van der Waals surface area (Å²) in [5, 5.41) is 11.1. The third-order valence-electron chi connectivity index (χ3n) is 2.58. The molecule has 18 heavy (non-hydrogen) atoms. The fourth-order valence-electron chi connectivity index (χ4n) is 1.83. The van der Waals surface area contributed by atoms with Crippen LogP contribution in [0.25, 0.3) is 21.9 Å². The summed E-state index contributed by atoms with van der Waals surface area (Å²) in [6.07, 6.45) is 0. The van der Waals surface area contributed by atoms with Gasteiger partial charge in [0.15, 0.2) is 5.58 Å². The molecule has 3 rings (SSSR count). The van der Waals surface area contributed by atoms with Crippen molar-refractivity contribution < 1.29 is 14.3 Å². The lowest BCUT2D eigenvalue weighted by molar-refractivity contribution is -0.133. The molecule has 0 fully saturated rings. The predicted octanol–water partition coefficient (Wildman–Crippen LogP) is 3.16. The predicted molar refractivity (Wildman–Crippen MR) is 69.9 cm³/mol. The van der Waals surface area contributed by atoms with Crippen LogP contribution in [0.15, 0.2) is 46.0 Å². The molecule has 0 aliphatic carbocycles. The van der Waals surface area contributed by atoms with E-state index in [1.165, 1.54) is 0 Å². The monoisotopic (exact) mass is 259 g/mol. The minimum Gasteiger partial charge on any atom is -0.481 e. The van der Waals surface area contributed by atoms with Gasteiger partial charge in [0, 0.05) is 5.39 Å². The fraction of sp³-hybridized carbons (Fsp3) is 0.0769. The Kier molecular flexibility index (Phi) is 2.68. The second-order valence-electron chi connectivity index (χ2n) is 3.80. The van der Waals surface area contributed by atoms with Crippen LogP contribution in [-0.4, -0.2) is 21.8 Å². The molecule has 0 aliphatic heterocycles. The molecule has 2 aromatic carbocycles. The van der Waals surface area contributed by atoms with Crippen LogP contribution in [-0.2, 0) is 4.79 Å². The Morgan fingerprint density at radius 1 is 1.28 bits per heavy atom. The minimum absolute atomic E-state index is 0.0508. The number of thioether (sulfide) groups is 1. The summed E-state index contributed by atoms with van der Waals surface area (Å²) in [6, 6.07) is 11.7. The van der Waals surface area contributed by atoms with Crippen LogP contribution < -0.4 is 0 Å². The lowest BCUT2D eigenvalue weighted by atomic mass is 10.1. The number of hydrogen-bond donors (Lipinski definition) is 1. The number of hydrogen-bond acceptors (Lipinski definition) is 4. The normalized spacial score (nSPS) is 11.1. The lowest BCUT2D eigenvalue weighted by Gasteiger charge is -1.95. The Balaban J connectivity index is 2.11. The number of fused-ring (bicyclic) bond motifs is 3. The van der Waals surface area contributed by atoms with E-state index in [0.717, 1.165) is 28.1 Å². The number of carboxylic acids is 1. The quantitative estimate of drug-likeness (QED) is 0.732. The second-order valence-corrected chi connectivity index (χ2v) is 4.72. The molecule has 0 aliphatic rings. The molecule has 5 heteroatoms. The van der Waals surface area contributed by atoms with Crippen LogP contribution in [0.3, 0.4) is 0 Å². The van der Waals surface area contributed by atoms with E-state index in [4.69, 9.17) is 9.52 Å². The van der Waals surface area contributed by atoms with Crippen molar-refractivity contribution in [3.05, 3.63) is 36.4 Å². The Labute approximate surface area is 107 Å². The van der Waals surface area contributed by atoms with E-state index in [2.05, 4.69) is 4.98 Å². The van der Waals surface area contributed by atoms with E-state index < -0.39 is 5.97 Å². The van der Waals surface area contributed by atoms with Crippen molar-refractivity contribution in [2.75, 3.05) is 5.75 Å². The van der Waals surface area contributed by atoms with Gasteiger partial charge in [-0.3, -0.25) is 4.79 Å². The Morgan fingerprint density at radius 2 is 2.11 bits per heavy atom. The average molecular weight is 259 g/mol. The van der Waals surface area contributed by atoms with E-state index >= 15 is 0 Å². The van der Waals surface area contributed by atoms with Crippen LogP contribution in [0.4, 0.5) is 0 Å². The maximum Gasteiger partial charge on any atom is 0.314 e. The SMILES string of the molecule is O=C(O)CSc1nc2c(ccc3ccccc32)o1. The first kappa shape index (κ1) is 11.1. The van der Waals surface area contributed by atoms with Crippen LogP contribution >= 0.6 is 11.8 Å². The number of aromatic nitrogens is 1. The highest BCUT2D eigenvalue weighted by molar-refractivity contribution is 7.99.